The Kier molecular flexibility index (Phi) is 7.97. The summed E-state index contributed by atoms with van der Waals surface area (Å²) in [6.45, 7) is 10.6. The molecule has 1 heteroatoms. The molecule has 1 rings (SSSR count). The minimum absolute atomic E-state index is 0.641. The van der Waals surface area contributed by atoms with Gasteiger partial charge in [0.1, 0.15) is 0 Å². The van der Waals surface area contributed by atoms with Crippen molar-refractivity contribution in [3.05, 3.63) is 0 Å². The molecule has 0 aliphatic heterocycles. The van der Waals surface area contributed by atoms with Crippen LogP contribution < -0.4 is 5.32 Å². The zero-order valence-corrected chi connectivity index (χ0v) is 13.2. The number of hydrogen-bond acceptors (Lipinski definition) is 1. The maximum absolute atomic E-state index is 3.68. The number of hydrogen-bond donors (Lipinski definition) is 1. The molecule has 1 nitrogen and oxygen atoms in total. The van der Waals surface area contributed by atoms with Crippen molar-refractivity contribution in [3.8, 4) is 0 Å². The van der Waals surface area contributed by atoms with Gasteiger partial charge in [-0.15, -0.1) is 0 Å². The third kappa shape index (κ3) is 6.22. The van der Waals surface area contributed by atoms with Gasteiger partial charge in [0.2, 0.25) is 0 Å². The molecular weight excluding hydrogens is 218 g/mol. The van der Waals surface area contributed by atoms with E-state index in [0.717, 1.165) is 17.8 Å². The molecule has 0 bridgehead atoms. The van der Waals surface area contributed by atoms with Gasteiger partial charge in [-0.25, -0.2) is 0 Å². The lowest BCUT2D eigenvalue weighted by Crippen LogP contribution is -2.32. The molecule has 1 saturated carbocycles. The van der Waals surface area contributed by atoms with Crippen molar-refractivity contribution in [1.82, 2.24) is 5.32 Å². The van der Waals surface area contributed by atoms with E-state index in [4.69, 9.17) is 0 Å². The van der Waals surface area contributed by atoms with Crippen molar-refractivity contribution < 1.29 is 0 Å². The Morgan fingerprint density at radius 3 is 2.28 bits per heavy atom. The molecule has 1 aliphatic rings. The third-order valence-corrected chi connectivity index (χ3v) is 4.59. The monoisotopic (exact) mass is 253 g/mol. The summed E-state index contributed by atoms with van der Waals surface area (Å²) in [6.07, 6.45) is 11.6. The smallest absolute Gasteiger partial charge is 0.00104 e. The van der Waals surface area contributed by atoms with E-state index in [1.165, 1.54) is 57.9 Å². The molecule has 0 aromatic rings. The highest BCUT2D eigenvalue weighted by molar-refractivity contribution is 4.78. The molecule has 3 unspecified atom stereocenters. The van der Waals surface area contributed by atoms with Gasteiger partial charge in [0.05, 0.1) is 0 Å². The van der Waals surface area contributed by atoms with Crippen LogP contribution in [0, 0.1) is 17.8 Å². The van der Waals surface area contributed by atoms with Crippen molar-refractivity contribution in [2.24, 2.45) is 17.8 Å². The highest BCUT2D eigenvalue weighted by Crippen LogP contribution is 2.34. The van der Waals surface area contributed by atoms with Gasteiger partial charge in [-0.2, -0.15) is 0 Å². The van der Waals surface area contributed by atoms with Crippen LogP contribution in [0.4, 0.5) is 0 Å². The summed E-state index contributed by atoms with van der Waals surface area (Å²) in [5, 5.41) is 3.68. The first-order valence-electron chi connectivity index (χ1n) is 8.36. The quantitative estimate of drug-likeness (QED) is 0.629. The Morgan fingerprint density at radius 1 is 1.00 bits per heavy atom. The molecule has 3 atom stereocenters. The van der Waals surface area contributed by atoms with E-state index in [1.807, 2.05) is 0 Å². The molecule has 108 valence electrons. The molecule has 0 aromatic heterocycles. The van der Waals surface area contributed by atoms with Gasteiger partial charge in [0, 0.05) is 6.04 Å². The lowest BCUT2D eigenvalue weighted by atomic mass is 9.80. The molecule has 0 amide bonds. The Morgan fingerprint density at radius 2 is 1.67 bits per heavy atom. The topological polar surface area (TPSA) is 12.0 Å². The average molecular weight is 253 g/mol. The molecule has 0 saturated heterocycles. The normalized spacial score (nSPS) is 27.2. The van der Waals surface area contributed by atoms with E-state index >= 15 is 0 Å². The minimum atomic E-state index is 0.641. The lowest BCUT2D eigenvalue weighted by molar-refractivity contribution is 0.241. The van der Waals surface area contributed by atoms with Crippen molar-refractivity contribution in [2.45, 2.75) is 85.1 Å². The van der Waals surface area contributed by atoms with Crippen molar-refractivity contribution in [2.75, 3.05) is 6.54 Å². The fourth-order valence-corrected chi connectivity index (χ4v) is 3.55. The van der Waals surface area contributed by atoms with Gasteiger partial charge in [-0.05, 0) is 37.1 Å². The Hall–Kier alpha value is -0.0400. The van der Waals surface area contributed by atoms with Crippen LogP contribution in [-0.2, 0) is 0 Å². The summed E-state index contributed by atoms with van der Waals surface area (Å²) in [7, 11) is 0. The number of nitrogens with one attached hydrogen (secondary N) is 1. The third-order valence-electron chi connectivity index (χ3n) is 4.59. The molecule has 1 N–H and O–H groups in total. The second-order valence-corrected chi connectivity index (χ2v) is 6.85. The van der Waals surface area contributed by atoms with E-state index < -0.39 is 0 Å². The molecular formula is C17H35N. The number of rotatable bonds is 7. The molecule has 0 aromatic carbocycles. The second-order valence-electron chi connectivity index (χ2n) is 6.85. The van der Waals surface area contributed by atoms with Crippen LogP contribution >= 0.6 is 0 Å². The predicted octanol–water partition coefficient (Wildman–Crippen LogP) is 5.01. The predicted molar refractivity (Wildman–Crippen MR) is 81.9 cm³/mol. The molecule has 1 aliphatic carbocycles. The van der Waals surface area contributed by atoms with E-state index in [2.05, 4.69) is 33.0 Å². The summed E-state index contributed by atoms with van der Waals surface area (Å²) in [5.74, 6) is 2.86. The van der Waals surface area contributed by atoms with Crippen LogP contribution in [0.1, 0.15) is 79.1 Å². The summed E-state index contributed by atoms with van der Waals surface area (Å²) in [5.41, 5.74) is 0. The van der Waals surface area contributed by atoms with Gasteiger partial charge in [0.25, 0.3) is 0 Å². The van der Waals surface area contributed by atoms with Crippen molar-refractivity contribution in [1.29, 1.82) is 0 Å². The first-order chi connectivity index (χ1) is 8.63. The Labute approximate surface area is 115 Å². The average Bonchev–Trinajstić information content (AvgIpc) is 2.52. The van der Waals surface area contributed by atoms with Crippen LogP contribution in [0.5, 0.6) is 0 Å². The fourth-order valence-electron chi connectivity index (χ4n) is 3.55. The summed E-state index contributed by atoms with van der Waals surface area (Å²) in [4.78, 5) is 0. The summed E-state index contributed by atoms with van der Waals surface area (Å²) < 4.78 is 0. The van der Waals surface area contributed by atoms with Crippen LogP contribution in [0.15, 0.2) is 0 Å². The van der Waals surface area contributed by atoms with Gasteiger partial charge >= 0.3 is 0 Å². The van der Waals surface area contributed by atoms with Crippen LogP contribution in [0.2, 0.25) is 0 Å². The van der Waals surface area contributed by atoms with Crippen LogP contribution in [0.25, 0.3) is 0 Å². The Balaban J connectivity index is 2.45. The molecule has 1 fully saturated rings. The molecule has 0 heterocycles. The highest BCUT2D eigenvalue weighted by atomic mass is 14.9. The van der Waals surface area contributed by atoms with E-state index in [1.54, 1.807) is 0 Å². The first kappa shape index (κ1) is 16.0. The maximum atomic E-state index is 3.68. The van der Waals surface area contributed by atoms with Crippen LogP contribution in [0.3, 0.4) is 0 Å². The van der Waals surface area contributed by atoms with Crippen LogP contribution in [-0.4, -0.2) is 12.6 Å². The van der Waals surface area contributed by atoms with E-state index in [9.17, 15) is 0 Å². The first-order valence-corrected chi connectivity index (χ1v) is 8.36. The lowest BCUT2D eigenvalue weighted by Gasteiger charge is -2.28. The highest BCUT2D eigenvalue weighted by Gasteiger charge is 2.24. The molecule has 0 radical (unpaired) electrons. The fraction of sp³-hybridized carbons (Fsp3) is 1.00. The largest absolute Gasteiger partial charge is 0.314 e. The summed E-state index contributed by atoms with van der Waals surface area (Å²) in [6, 6.07) is 0.641. The van der Waals surface area contributed by atoms with Gasteiger partial charge in [-0.3, -0.25) is 0 Å². The molecule has 18 heavy (non-hydrogen) atoms. The van der Waals surface area contributed by atoms with Crippen molar-refractivity contribution in [3.63, 3.8) is 0 Å². The zero-order valence-electron chi connectivity index (χ0n) is 13.2. The standard InChI is InChI=1S/C17H35N/c1-5-9-15(4)12-16-10-7-6-8-11-17(16)13-18-14(2)3/h14-18H,5-13H2,1-4H3. The van der Waals surface area contributed by atoms with E-state index in [0.29, 0.717) is 6.04 Å². The van der Waals surface area contributed by atoms with E-state index in [-0.39, 0.29) is 0 Å². The second kappa shape index (κ2) is 8.96. The zero-order chi connectivity index (χ0) is 13.4. The van der Waals surface area contributed by atoms with Gasteiger partial charge < -0.3 is 5.32 Å². The minimum Gasteiger partial charge on any atom is -0.314 e. The van der Waals surface area contributed by atoms with Gasteiger partial charge in [0.15, 0.2) is 0 Å². The maximum Gasteiger partial charge on any atom is 0.00104 e. The van der Waals surface area contributed by atoms with Gasteiger partial charge in [-0.1, -0.05) is 66.2 Å². The molecule has 0 spiro atoms. The summed E-state index contributed by atoms with van der Waals surface area (Å²) >= 11 is 0. The Bertz CT molecular complexity index is 200. The SMILES string of the molecule is CCCC(C)CC1CCCCCC1CNC(C)C. The van der Waals surface area contributed by atoms with Crippen molar-refractivity contribution >= 4 is 0 Å².